The molecule has 0 radical (unpaired) electrons. The van der Waals surface area contributed by atoms with Gasteiger partial charge in [0.05, 0.1) is 20.8 Å². The van der Waals surface area contributed by atoms with E-state index in [-0.39, 0.29) is 49.9 Å². The molecule has 0 bridgehead atoms. The summed E-state index contributed by atoms with van der Waals surface area (Å²) in [4.78, 5) is 22.2. The van der Waals surface area contributed by atoms with E-state index < -0.39 is 11.9 Å². The molecule has 0 fully saturated rings. The van der Waals surface area contributed by atoms with Crippen LogP contribution in [0.25, 0.3) is 0 Å². The SMILES string of the molecule is NC(=O)c1c(I)c(N)c(I)c(C(=O)[O-])c1I.[Na+]. The number of carbonyl (C=O) groups excluding carboxylic acids is 2. The summed E-state index contributed by atoms with van der Waals surface area (Å²) >= 11 is 5.42. The zero-order valence-electron chi connectivity index (χ0n) is 8.51. The molecule has 0 spiro atoms. The van der Waals surface area contributed by atoms with Crippen LogP contribution in [0.5, 0.6) is 0 Å². The van der Waals surface area contributed by atoms with E-state index >= 15 is 0 Å². The van der Waals surface area contributed by atoms with Crippen molar-refractivity contribution in [2.24, 2.45) is 5.73 Å². The third kappa shape index (κ3) is 3.58. The zero-order chi connectivity index (χ0) is 12.6. The summed E-state index contributed by atoms with van der Waals surface area (Å²) in [5, 5.41) is 11.0. The van der Waals surface area contributed by atoms with Gasteiger partial charge in [-0.05, 0) is 67.8 Å². The van der Waals surface area contributed by atoms with Gasteiger partial charge in [0.2, 0.25) is 0 Å². The van der Waals surface area contributed by atoms with Crippen LogP contribution in [0.3, 0.4) is 0 Å². The molecule has 0 heterocycles. The number of nitrogens with two attached hydrogens (primary N) is 2. The Morgan fingerprint density at radius 3 is 1.76 bits per heavy atom. The molecule has 1 rings (SSSR count). The molecule has 1 aromatic rings. The van der Waals surface area contributed by atoms with E-state index in [4.69, 9.17) is 11.5 Å². The first-order valence-corrected chi connectivity index (χ1v) is 6.99. The Balaban J connectivity index is 0.00000256. The van der Waals surface area contributed by atoms with E-state index in [1.54, 1.807) is 45.2 Å². The summed E-state index contributed by atoms with van der Waals surface area (Å²) in [6.45, 7) is 0. The zero-order valence-corrected chi connectivity index (χ0v) is 17.0. The van der Waals surface area contributed by atoms with Gasteiger partial charge < -0.3 is 21.4 Å². The topological polar surface area (TPSA) is 109 Å². The van der Waals surface area contributed by atoms with Crippen molar-refractivity contribution in [3.05, 3.63) is 21.8 Å². The number of benzene rings is 1. The van der Waals surface area contributed by atoms with Gasteiger partial charge in [-0.2, -0.15) is 0 Å². The van der Waals surface area contributed by atoms with E-state index in [0.29, 0.717) is 7.14 Å². The second-order valence-corrected chi connectivity index (χ2v) is 5.99. The summed E-state index contributed by atoms with van der Waals surface area (Å²) in [6.07, 6.45) is 0. The summed E-state index contributed by atoms with van der Waals surface area (Å²) < 4.78 is 1.08. The van der Waals surface area contributed by atoms with Gasteiger partial charge in [-0.3, -0.25) is 4.79 Å². The number of carboxylic acids is 1. The van der Waals surface area contributed by atoms with E-state index in [2.05, 4.69) is 0 Å². The molecule has 0 aromatic heterocycles. The minimum Gasteiger partial charge on any atom is -0.545 e. The Kier molecular flexibility index (Phi) is 7.55. The largest absolute Gasteiger partial charge is 1.00 e. The maximum atomic E-state index is 11.2. The minimum absolute atomic E-state index is 0. The van der Waals surface area contributed by atoms with Crippen LogP contribution in [0.15, 0.2) is 0 Å². The summed E-state index contributed by atoms with van der Waals surface area (Å²) in [6, 6.07) is 0. The quantitative estimate of drug-likeness (QED) is 0.230. The number of amides is 1. The van der Waals surface area contributed by atoms with Crippen LogP contribution < -0.4 is 46.1 Å². The molecule has 0 aliphatic heterocycles. The van der Waals surface area contributed by atoms with Gasteiger partial charge in [-0.1, -0.05) is 0 Å². The molecule has 1 amide bonds. The molecule has 5 nitrogen and oxygen atoms in total. The molecule has 4 N–H and O–H groups in total. The first kappa shape index (κ1) is 18.1. The predicted molar refractivity (Wildman–Crippen MR) is 81.9 cm³/mol. The molecule has 86 valence electrons. The van der Waals surface area contributed by atoms with Crippen LogP contribution >= 0.6 is 67.8 Å². The normalized spacial score (nSPS) is 9.59. The van der Waals surface area contributed by atoms with Crippen LogP contribution in [0.1, 0.15) is 20.7 Å². The monoisotopic (exact) mass is 580 g/mol. The molecular weight excluding hydrogens is 576 g/mol. The molecule has 0 saturated carbocycles. The fourth-order valence-electron chi connectivity index (χ4n) is 1.08. The standard InChI is InChI=1S/C8H5I3N2O3.Na/c9-3-1(7(13)14)4(10)6(12)5(11)2(3)8(15)16;/h12H2,(H2,13,14)(H,15,16);/q;+1/p-1. The number of carbonyl (C=O) groups is 2. The van der Waals surface area contributed by atoms with Crippen LogP contribution in [-0.2, 0) is 0 Å². The Bertz CT molecular complexity index is 466. The Morgan fingerprint density at radius 2 is 1.41 bits per heavy atom. The first-order valence-electron chi connectivity index (χ1n) is 3.76. The van der Waals surface area contributed by atoms with Gasteiger partial charge in [0.1, 0.15) is 0 Å². The molecular formula is C8H4I3N2NaO3. The second-order valence-electron chi connectivity index (χ2n) is 2.76. The number of primary amides is 1. The van der Waals surface area contributed by atoms with Crippen molar-refractivity contribution in [1.82, 2.24) is 0 Å². The van der Waals surface area contributed by atoms with Crippen molar-refractivity contribution >= 4 is 85.3 Å². The van der Waals surface area contributed by atoms with Crippen LogP contribution in [0.2, 0.25) is 0 Å². The molecule has 0 aliphatic carbocycles. The third-order valence-corrected chi connectivity index (χ3v) is 5.12. The van der Waals surface area contributed by atoms with Gasteiger partial charge in [0.15, 0.2) is 0 Å². The number of halogens is 3. The Labute approximate surface area is 160 Å². The third-order valence-electron chi connectivity index (χ3n) is 1.80. The Hall–Kier alpha value is 1.15. The van der Waals surface area contributed by atoms with Crippen LogP contribution in [0, 0.1) is 10.7 Å². The van der Waals surface area contributed by atoms with Gasteiger partial charge in [0, 0.05) is 12.7 Å². The smallest absolute Gasteiger partial charge is 0.545 e. The number of nitrogen functional groups attached to an aromatic ring is 1. The van der Waals surface area contributed by atoms with Gasteiger partial charge >= 0.3 is 29.6 Å². The van der Waals surface area contributed by atoms with Crippen LogP contribution in [0.4, 0.5) is 5.69 Å². The van der Waals surface area contributed by atoms with Crippen LogP contribution in [-0.4, -0.2) is 11.9 Å². The second kappa shape index (κ2) is 7.07. The van der Waals surface area contributed by atoms with Crippen molar-refractivity contribution < 1.29 is 44.3 Å². The van der Waals surface area contributed by atoms with Crippen molar-refractivity contribution in [2.75, 3.05) is 5.73 Å². The first-order chi connectivity index (χ1) is 7.29. The average Bonchev–Trinajstić information content (AvgIpc) is 2.13. The summed E-state index contributed by atoms with van der Waals surface area (Å²) in [5.74, 6) is -2.08. The van der Waals surface area contributed by atoms with Crippen molar-refractivity contribution in [3.63, 3.8) is 0 Å². The summed E-state index contributed by atoms with van der Waals surface area (Å²) in [7, 11) is 0. The van der Waals surface area contributed by atoms with Crippen molar-refractivity contribution in [3.8, 4) is 0 Å². The van der Waals surface area contributed by atoms with Crippen molar-refractivity contribution in [2.45, 2.75) is 0 Å². The average molecular weight is 580 g/mol. The molecule has 0 aliphatic rings. The molecule has 9 heteroatoms. The fraction of sp³-hybridized carbons (Fsp3) is 0. The van der Waals surface area contributed by atoms with Gasteiger partial charge in [-0.25, -0.2) is 0 Å². The number of hydrogen-bond donors (Lipinski definition) is 2. The molecule has 0 atom stereocenters. The van der Waals surface area contributed by atoms with E-state index in [1.165, 1.54) is 0 Å². The minimum atomic E-state index is -1.38. The Morgan fingerprint density at radius 1 is 1.00 bits per heavy atom. The van der Waals surface area contributed by atoms with E-state index in [9.17, 15) is 14.7 Å². The maximum Gasteiger partial charge on any atom is 1.00 e. The van der Waals surface area contributed by atoms with E-state index in [1.807, 2.05) is 22.6 Å². The molecule has 17 heavy (non-hydrogen) atoms. The van der Waals surface area contributed by atoms with Crippen molar-refractivity contribution in [1.29, 1.82) is 0 Å². The number of carboxylic acid groups (broad SMARTS) is 1. The van der Waals surface area contributed by atoms with Gasteiger partial charge in [-0.15, -0.1) is 0 Å². The molecule has 0 saturated heterocycles. The number of anilines is 1. The number of aromatic carboxylic acids is 1. The molecule has 1 aromatic carbocycles. The maximum absolute atomic E-state index is 11.2. The number of hydrogen-bond acceptors (Lipinski definition) is 4. The summed E-state index contributed by atoms with van der Waals surface area (Å²) in [5.41, 5.74) is 11.2. The fourth-order valence-corrected chi connectivity index (χ4v) is 5.22. The van der Waals surface area contributed by atoms with E-state index in [0.717, 1.165) is 0 Å². The number of rotatable bonds is 2. The van der Waals surface area contributed by atoms with Gasteiger partial charge in [0.25, 0.3) is 5.91 Å². The molecule has 0 unspecified atom stereocenters. The predicted octanol–water partition coefficient (Wildman–Crippen LogP) is -2.45.